The minimum atomic E-state index is -4.60. The summed E-state index contributed by atoms with van der Waals surface area (Å²) in [6.45, 7) is 0. The van der Waals surface area contributed by atoms with Gasteiger partial charge in [-0.05, 0) is 24.3 Å². The van der Waals surface area contributed by atoms with Crippen LogP contribution < -0.4 is 5.32 Å². The molecule has 0 unspecified atom stereocenters. The minimum absolute atomic E-state index is 0.185. The van der Waals surface area contributed by atoms with E-state index in [0.717, 1.165) is 0 Å². The molecule has 4 nitrogen and oxygen atoms in total. The van der Waals surface area contributed by atoms with Gasteiger partial charge in [-0.3, -0.25) is 4.79 Å². The summed E-state index contributed by atoms with van der Waals surface area (Å²) in [5, 5.41) is 7.49. The number of nitrogens with one attached hydrogen (secondary N) is 1. The maximum Gasteiger partial charge on any atom is 0.445 e. The van der Waals surface area contributed by atoms with Crippen LogP contribution in [0.5, 0.6) is 0 Å². The summed E-state index contributed by atoms with van der Waals surface area (Å²) in [4.78, 5) is 11.6. The number of hydrogen-bond acceptors (Lipinski definition) is 4. The van der Waals surface area contributed by atoms with Gasteiger partial charge in [0.25, 0.3) is 5.91 Å². The molecule has 0 fully saturated rings. The number of anilines is 1. The Bertz CT molecular complexity index is 597. The van der Waals surface area contributed by atoms with Crippen LogP contribution in [-0.2, 0) is 6.18 Å². The first-order valence-electron chi connectivity index (χ1n) is 4.84. The molecule has 0 aliphatic rings. The standard InChI is InChI=1S/C10H5ClF3N3OS/c11-5-1-3-6(4-2-5)15-7(18)8-16-17-9(19-8)10(12,13)14/h1-4H,(H,15,18). The van der Waals surface area contributed by atoms with E-state index in [9.17, 15) is 18.0 Å². The molecule has 2 rings (SSSR count). The van der Waals surface area contributed by atoms with E-state index in [4.69, 9.17) is 11.6 Å². The summed E-state index contributed by atoms with van der Waals surface area (Å²) in [7, 11) is 0. The van der Waals surface area contributed by atoms with Gasteiger partial charge in [0, 0.05) is 10.7 Å². The van der Waals surface area contributed by atoms with Gasteiger partial charge in [0.15, 0.2) is 0 Å². The fraction of sp³-hybridized carbons (Fsp3) is 0.100. The molecule has 1 aromatic heterocycles. The van der Waals surface area contributed by atoms with E-state index in [0.29, 0.717) is 10.7 Å². The lowest BCUT2D eigenvalue weighted by molar-refractivity contribution is -0.138. The van der Waals surface area contributed by atoms with Crippen LogP contribution in [0, 0.1) is 0 Å². The first kappa shape index (κ1) is 13.8. The normalized spacial score (nSPS) is 11.4. The highest BCUT2D eigenvalue weighted by molar-refractivity contribution is 7.13. The lowest BCUT2D eigenvalue weighted by atomic mass is 10.3. The number of carbonyl (C=O) groups is 1. The number of carbonyl (C=O) groups excluding carboxylic acids is 1. The van der Waals surface area contributed by atoms with Crippen molar-refractivity contribution in [2.24, 2.45) is 0 Å². The Morgan fingerprint density at radius 2 is 1.84 bits per heavy atom. The van der Waals surface area contributed by atoms with Crippen LogP contribution in [0.25, 0.3) is 0 Å². The molecular weight excluding hydrogens is 303 g/mol. The van der Waals surface area contributed by atoms with Gasteiger partial charge in [-0.15, -0.1) is 10.2 Å². The van der Waals surface area contributed by atoms with Crippen LogP contribution >= 0.6 is 22.9 Å². The van der Waals surface area contributed by atoms with Crippen molar-refractivity contribution in [3.63, 3.8) is 0 Å². The first-order valence-corrected chi connectivity index (χ1v) is 6.03. The average Bonchev–Trinajstić information content (AvgIpc) is 2.81. The molecule has 0 aliphatic heterocycles. The van der Waals surface area contributed by atoms with Crippen molar-refractivity contribution in [3.8, 4) is 0 Å². The van der Waals surface area contributed by atoms with Gasteiger partial charge in [0.2, 0.25) is 10.0 Å². The SMILES string of the molecule is O=C(Nc1ccc(Cl)cc1)c1nnc(C(F)(F)F)s1. The predicted octanol–water partition coefficient (Wildman–Crippen LogP) is 3.46. The molecule has 9 heteroatoms. The zero-order valence-electron chi connectivity index (χ0n) is 9.03. The summed E-state index contributed by atoms with van der Waals surface area (Å²) in [6.07, 6.45) is -4.60. The molecule has 1 aromatic carbocycles. The molecule has 0 aliphatic carbocycles. The third-order valence-electron chi connectivity index (χ3n) is 1.96. The Morgan fingerprint density at radius 3 is 2.37 bits per heavy atom. The molecule has 0 radical (unpaired) electrons. The van der Waals surface area contributed by atoms with E-state index >= 15 is 0 Å². The van der Waals surface area contributed by atoms with Crippen LogP contribution in [-0.4, -0.2) is 16.1 Å². The molecule has 1 amide bonds. The van der Waals surface area contributed by atoms with Crippen LogP contribution in [0.2, 0.25) is 5.02 Å². The van der Waals surface area contributed by atoms with E-state index in [1.54, 1.807) is 12.1 Å². The molecule has 19 heavy (non-hydrogen) atoms. The smallest absolute Gasteiger partial charge is 0.320 e. The zero-order valence-corrected chi connectivity index (χ0v) is 10.6. The second-order valence-electron chi connectivity index (χ2n) is 3.37. The Hall–Kier alpha value is -1.67. The number of benzene rings is 1. The Balaban J connectivity index is 2.12. The molecule has 1 heterocycles. The van der Waals surface area contributed by atoms with Gasteiger partial charge in [-0.1, -0.05) is 22.9 Å². The number of nitrogens with zero attached hydrogens (tertiary/aromatic N) is 2. The second kappa shape index (κ2) is 5.14. The molecule has 2 aromatic rings. The summed E-state index contributed by atoms with van der Waals surface area (Å²) in [5.41, 5.74) is 0.401. The number of halogens is 4. The molecule has 0 saturated carbocycles. The number of aromatic nitrogens is 2. The van der Waals surface area contributed by atoms with Crippen LogP contribution in [0.4, 0.5) is 18.9 Å². The quantitative estimate of drug-likeness (QED) is 0.924. The Kier molecular flexibility index (Phi) is 3.72. The highest BCUT2D eigenvalue weighted by Crippen LogP contribution is 2.31. The van der Waals surface area contributed by atoms with Crippen molar-refractivity contribution < 1.29 is 18.0 Å². The van der Waals surface area contributed by atoms with Crippen molar-refractivity contribution in [2.75, 3.05) is 5.32 Å². The van der Waals surface area contributed by atoms with Crippen LogP contribution in [0.15, 0.2) is 24.3 Å². The van der Waals surface area contributed by atoms with Crippen molar-refractivity contribution in [2.45, 2.75) is 6.18 Å². The van der Waals surface area contributed by atoms with Gasteiger partial charge < -0.3 is 5.32 Å². The average molecular weight is 308 g/mol. The van der Waals surface area contributed by atoms with Gasteiger partial charge >= 0.3 is 6.18 Å². The summed E-state index contributed by atoms with van der Waals surface area (Å²) in [5.74, 6) is -0.754. The molecule has 1 N–H and O–H groups in total. The van der Waals surface area contributed by atoms with Crippen molar-refractivity contribution in [1.82, 2.24) is 10.2 Å². The van der Waals surface area contributed by atoms with Crippen molar-refractivity contribution in [1.29, 1.82) is 0 Å². The molecule has 0 saturated heterocycles. The zero-order chi connectivity index (χ0) is 14.0. The van der Waals surface area contributed by atoms with Gasteiger partial charge in [-0.25, -0.2) is 0 Å². The summed E-state index contributed by atoms with van der Waals surface area (Å²) >= 11 is 5.85. The van der Waals surface area contributed by atoms with Gasteiger partial charge in [-0.2, -0.15) is 13.2 Å². The largest absolute Gasteiger partial charge is 0.445 e. The fourth-order valence-electron chi connectivity index (χ4n) is 1.15. The lowest BCUT2D eigenvalue weighted by Gasteiger charge is -2.02. The number of amides is 1. The monoisotopic (exact) mass is 307 g/mol. The van der Waals surface area contributed by atoms with E-state index in [1.807, 2.05) is 0 Å². The lowest BCUT2D eigenvalue weighted by Crippen LogP contribution is -2.11. The van der Waals surface area contributed by atoms with E-state index in [-0.39, 0.29) is 16.3 Å². The predicted molar refractivity (Wildman–Crippen MR) is 64.3 cm³/mol. The third-order valence-corrected chi connectivity index (χ3v) is 3.18. The van der Waals surface area contributed by atoms with E-state index in [1.165, 1.54) is 12.1 Å². The minimum Gasteiger partial charge on any atom is -0.320 e. The fourth-order valence-corrected chi connectivity index (χ4v) is 1.88. The van der Waals surface area contributed by atoms with E-state index in [2.05, 4.69) is 15.5 Å². The maximum absolute atomic E-state index is 12.3. The Morgan fingerprint density at radius 1 is 1.21 bits per heavy atom. The summed E-state index contributed by atoms with van der Waals surface area (Å²) in [6, 6.07) is 6.12. The third kappa shape index (κ3) is 3.42. The highest BCUT2D eigenvalue weighted by atomic mass is 35.5. The van der Waals surface area contributed by atoms with Crippen molar-refractivity contribution >= 4 is 34.5 Å². The topological polar surface area (TPSA) is 54.9 Å². The first-order chi connectivity index (χ1) is 8.86. The Labute approximate surface area is 114 Å². The molecular formula is C10H5ClF3N3OS. The maximum atomic E-state index is 12.3. The second-order valence-corrected chi connectivity index (χ2v) is 4.79. The molecule has 0 atom stereocenters. The van der Waals surface area contributed by atoms with Gasteiger partial charge in [0.05, 0.1) is 0 Å². The summed E-state index contributed by atoms with van der Waals surface area (Å²) < 4.78 is 36.9. The van der Waals surface area contributed by atoms with Crippen molar-refractivity contribution in [3.05, 3.63) is 39.3 Å². The number of alkyl halides is 3. The number of rotatable bonds is 2. The molecule has 100 valence electrons. The molecule has 0 bridgehead atoms. The van der Waals surface area contributed by atoms with Crippen LogP contribution in [0.1, 0.15) is 14.8 Å². The molecule has 0 spiro atoms. The van der Waals surface area contributed by atoms with E-state index < -0.39 is 17.1 Å². The van der Waals surface area contributed by atoms with Gasteiger partial charge in [0.1, 0.15) is 0 Å². The van der Waals surface area contributed by atoms with Crippen LogP contribution in [0.3, 0.4) is 0 Å². The number of hydrogen-bond donors (Lipinski definition) is 1. The highest BCUT2D eigenvalue weighted by Gasteiger charge is 2.36.